The van der Waals surface area contributed by atoms with Crippen molar-refractivity contribution in [2.45, 2.75) is 21.6 Å². The third-order valence-corrected chi connectivity index (χ3v) is 11.2. The topological polar surface area (TPSA) is 0 Å². The first kappa shape index (κ1) is 13.4. The number of rotatable bonds is 1. The lowest BCUT2D eigenvalue weighted by molar-refractivity contribution is 1.35. The van der Waals surface area contributed by atoms with Gasteiger partial charge in [-0.1, -0.05) is 54.1 Å². The zero-order valence-corrected chi connectivity index (χ0v) is 14.7. The highest BCUT2D eigenvalue weighted by molar-refractivity contribution is 14.2. The predicted molar refractivity (Wildman–Crippen MR) is 99.5 cm³/mol. The van der Waals surface area contributed by atoms with Crippen LogP contribution >= 0.6 is 28.4 Å². The van der Waals surface area contributed by atoms with Gasteiger partial charge in [-0.15, -0.1) is 7.20 Å². The molecule has 3 aromatic rings. The summed E-state index contributed by atoms with van der Waals surface area (Å²) in [5, 5.41) is 0. The largest absolute Gasteiger partial charge is 0.104 e. The molecule has 0 unspecified atom stereocenters. The van der Waals surface area contributed by atoms with Gasteiger partial charge in [0.1, 0.15) is 0 Å². The molecule has 0 saturated carbocycles. The van der Waals surface area contributed by atoms with Crippen LogP contribution in [-0.2, 0) is 0 Å². The number of aryl methyl sites for hydroxylation is 1. The second-order valence-electron chi connectivity index (χ2n) is 5.34. The van der Waals surface area contributed by atoms with Crippen molar-refractivity contribution in [3.05, 3.63) is 78.4 Å². The van der Waals surface area contributed by atoms with Crippen LogP contribution in [0.15, 0.2) is 87.5 Å². The van der Waals surface area contributed by atoms with Gasteiger partial charge < -0.3 is 0 Å². The van der Waals surface area contributed by atoms with Crippen molar-refractivity contribution >= 4 is 28.4 Å². The Morgan fingerprint density at radius 3 is 1.67 bits per heavy atom. The van der Waals surface area contributed by atoms with Gasteiger partial charge in [-0.2, -0.15) is 0 Å². The van der Waals surface area contributed by atoms with E-state index in [2.05, 4.69) is 101 Å². The molecule has 3 aromatic carbocycles. The smallest absolute Gasteiger partial charge is 0.0149 e. The van der Waals surface area contributed by atoms with Crippen molar-refractivity contribution in [3.8, 4) is 11.1 Å². The molecule has 0 aromatic heterocycles. The molecule has 21 heavy (non-hydrogen) atoms. The highest BCUT2D eigenvalue weighted by Gasteiger charge is 2.37. The quantitative estimate of drug-likeness (QED) is 0.402. The van der Waals surface area contributed by atoms with Gasteiger partial charge in [0, 0.05) is 14.7 Å². The summed E-state index contributed by atoms with van der Waals surface area (Å²) in [5.41, 5.74) is 4.12. The summed E-state index contributed by atoms with van der Waals surface area (Å²) in [6.07, 6.45) is 0. The zero-order valence-electron chi connectivity index (χ0n) is 11.7. The standard InChI is InChI=1S/C19H15IS/c1-14-10-12-15(13-11-14)21(20)18-8-4-2-6-16(18)17-7-3-5-9-19(17)21/h2-13H,1H3. The van der Waals surface area contributed by atoms with Crippen LogP contribution in [0.1, 0.15) is 5.56 Å². The number of hydrogen-bond donors (Lipinski definition) is 0. The lowest BCUT2D eigenvalue weighted by Gasteiger charge is -2.31. The Labute approximate surface area is 139 Å². The van der Waals surface area contributed by atoms with E-state index in [0.717, 1.165) is 0 Å². The Kier molecular flexibility index (Phi) is 3.12. The highest BCUT2D eigenvalue weighted by Crippen LogP contribution is 2.80. The number of fused-ring (bicyclic) bond motifs is 3. The van der Waals surface area contributed by atoms with Gasteiger partial charge in [0.2, 0.25) is 0 Å². The molecule has 0 amide bonds. The van der Waals surface area contributed by atoms with Gasteiger partial charge in [-0.3, -0.25) is 0 Å². The third-order valence-electron chi connectivity index (χ3n) is 4.02. The first-order chi connectivity index (χ1) is 10.2. The molecule has 0 saturated heterocycles. The van der Waals surface area contributed by atoms with Crippen LogP contribution in [0, 0.1) is 6.92 Å². The number of halogens is 1. The Morgan fingerprint density at radius 1 is 0.667 bits per heavy atom. The van der Waals surface area contributed by atoms with Crippen LogP contribution in [0.25, 0.3) is 11.1 Å². The van der Waals surface area contributed by atoms with Gasteiger partial charge in [0.05, 0.1) is 0 Å². The maximum Gasteiger partial charge on any atom is 0.0149 e. The second-order valence-corrected chi connectivity index (χ2v) is 11.7. The van der Waals surface area contributed by atoms with Crippen molar-refractivity contribution < 1.29 is 0 Å². The zero-order chi connectivity index (χ0) is 14.4. The number of benzene rings is 3. The SMILES string of the molecule is Cc1ccc(S2(I)c3ccccc3-c3ccccc32)cc1. The van der Waals surface area contributed by atoms with E-state index < -0.39 is 7.20 Å². The maximum atomic E-state index is 2.71. The Balaban J connectivity index is 2.06. The van der Waals surface area contributed by atoms with E-state index in [1.54, 1.807) is 0 Å². The van der Waals surface area contributed by atoms with E-state index in [9.17, 15) is 0 Å². The fraction of sp³-hybridized carbons (Fsp3) is 0.0526. The summed E-state index contributed by atoms with van der Waals surface area (Å²) in [5.74, 6) is 0. The minimum absolute atomic E-state index is 1.15. The van der Waals surface area contributed by atoms with Gasteiger partial charge >= 0.3 is 0 Å². The Bertz CT molecular complexity index is 775. The van der Waals surface area contributed by atoms with Crippen molar-refractivity contribution in [3.63, 3.8) is 0 Å². The molecule has 1 aliphatic heterocycles. The summed E-state index contributed by atoms with van der Waals surface area (Å²) in [6, 6.07) is 26.8. The molecule has 104 valence electrons. The molecule has 0 spiro atoms. The maximum absolute atomic E-state index is 2.71. The fourth-order valence-electron chi connectivity index (χ4n) is 2.97. The highest BCUT2D eigenvalue weighted by atomic mass is 127. The lowest BCUT2D eigenvalue weighted by atomic mass is 10.1. The average molecular weight is 402 g/mol. The van der Waals surface area contributed by atoms with Gasteiger partial charge in [0.25, 0.3) is 0 Å². The second kappa shape index (κ2) is 4.89. The van der Waals surface area contributed by atoms with E-state index in [0.29, 0.717) is 0 Å². The Morgan fingerprint density at radius 2 is 1.14 bits per heavy atom. The monoisotopic (exact) mass is 402 g/mol. The molecule has 0 atom stereocenters. The van der Waals surface area contributed by atoms with Crippen LogP contribution in [-0.4, -0.2) is 0 Å². The summed E-state index contributed by atoms with van der Waals surface area (Å²) >= 11 is 2.71. The van der Waals surface area contributed by atoms with Gasteiger partial charge in [-0.05, 0) is 63.5 Å². The lowest BCUT2D eigenvalue weighted by Crippen LogP contribution is -1.91. The predicted octanol–water partition coefficient (Wildman–Crippen LogP) is 6.61. The first-order valence-corrected chi connectivity index (χ1v) is 11.2. The molecule has 4 rings (SSSR count). The third kappa shape index (κ3) is 1.89. The van der Waals surface area contributed by atoms with Crippen LogP contribution in [0.3, 0.4) is 0 Å². The van der Waals surface area contributed by atoms with E-state index in [-0.39, 0.29) is 0 Å². The van der Waals surface area contributed by atoms with E-state index in [1.165, 1.54) is 31.4 Å². The normalized spacial score (nSPS) is 16.1. The number of hydrogen-bond acceptors (Lipinski definition) is 0. The molecular formula is C19H15IS. The van der Waals surface area contributed by atoms with Crippen LogP contribution in [0.2, 0.25) is 0 Å². The van der Waals surface area contributed by atoms with Gasteiger partial charge in [0.15, 0.2) is 0 Å². The van der Waals surface area contributed by atoms with E-state index in [1.807, 2.05) is 0 Å². The van der Waals surface area contributed by atoms with Crippen molar-refractivity contribution in [2.75, 3.05) is 0 Å². The molecule has 0 fully saturated rings. The van der Waals surface area contributed by atoms with E-state index >= 15 is 0 Å². The minimum atomic E-state index is -1.15. The summed E-state index contributed by atoms with van der Waals surface area (Å²) in [6.45, 7) is 2.15. The van der Waals surface area contributed by atoms with E-state index in [4.69, 9.17) is 0 Å². The fourth-order valence-corrected chi connectivity index (χ4v) is 8.90. The molecule has 0 radical (unpaired) electrons. The molecule has 0 aliphatic carbocycles. The van der Waals surface area contributed by atoms with Crippen molar-refractivity contribution in [1.29, 1.82) is 0 Å². The molecular weight excluding hydrogens is 387 g/mol. The van der Waals surface area contributed by atoms with Crippen LogP contribution < -0.4 is 0 Å². The van der Waals surface area contributed by atoms with Crippen molar-refractivity contribution in [1.82, 2.24) is 0 Å². The first-order valence-electron chi connectivity index (χ1n) is 6.99. The average Bonchev–Trinajstić information content (AvgIpc) is 2.80. The van der Waals surface area contributed by atoms with Crippen molar-refractivity contribution in [2.24, 2.45) is 0 Å². The molecule has 1 aliphatic rings. The molecule has 0 bridgehead atoms. The molecule has 1 heterocycles. The minimum Gasteiger partial charge on any atom is -0.104 e. The van der Waals surface area contributed by atoms with Crippen LogP contribution in [0.5, 0.6) is 0 Å². The summed E-state index contributed by atoms with van der Waals surface area (Å²) in [4.78, 5) is 4.40. The molecule has 0 nitrogen and oxygen atoms in total. The molecule has 2 heteroatoms. The van der Waals surface area contributed by atoms with Gasteiger partial charge in [-0.25, -0.2) is 0 Å². The molecule has 0 N–H and O–H groups in total. The summed E-state index contributed by atoms with van der Waals surface area (Å²) in [7, 11) is -1.15. The Hall–Kier alpha value is -1.26. The van der Waals surface area contributed by atoms with Crippen LogP contribution in [0.4, 0.5) is 0 Å². The summed E-state index contributed by atoms with van der Waals surface area (Å²) < 4.78 is 0.